The van der Waals surface area contributed by atoms with E-state index in [-0.39, 0.29) is 36.9 Å². The Morgan fingerprint density at radius 1 is 0.238 bits per heavy atom. The second-order valence-corrected chi connectivity index (χ2v) is 25.7. The normalized spacial score (nSPS) is 11.3. The molecule has 0 spiro atoms. The number of phenolic OH excluding ortho intramolecular Hbond substituents is 1. The third-order valence-electron chi connectivity index (χ3n) is 19.8. The molecule has 2 aromatic heterocycles. The summed E-state index contributed by atoms with van der Waals surface area (Å²) in [5, 5.41) is 30.5. The Kier molecular flexibility index (Phi) is 16.6. The molecule has 2 heterocycles. The summed E-state index contributed by atoms with van der Waals surface area (Å²) >= 11 is 0. The molecule has 0 saturated carbocycles. The van der Waals surface area contributed by atoms with Crippen molar-refractivity contribution in [3.63, 3.8) is 0 Å². The van der Waals surface area contributed by atoms with Crippen LogP contribution in [0.5, 0.6) is 5.75 Å². The zero-order valence-electron chi connectivity index (χ0n) is 55.1. The van der Waals surface area contributed by atoms with Crippen LogP contribution in [0.4, 0.5) is 0 Å². The number of benzene rings is 18. The third-order valence-corrected chi connectivity index (χ3v) is 19.8. The molecule has 18 aromatic carbocycles. The van der Waals surface area contributed by atoms with Crippen molar-refractivity contribution in [1.29, 1.82) is 0 Å². The van der Waals surface area contributed by atoms with Gasteiger partial charge in [0, 0.05) is 53.9 Å². The monoisotopic (exact) mass is 1510 g/mol. The Hall–Kier alpha value is -12.2. The van der Waals surface area contributed by atoms with Crippen molar-refractivity contribution in [2.24, 2.45) is 0 Å². The fraction of sp³-hybridized carbons (Fsp3) is 0. The van der Waals surface area contributed by atoms with E-state index in [1.165, 1.54) is 136 Å². The number of pyridine rings is 1. The molecule has 0 unspecified atom stereocenters. The number of hydrogen-bond donors (Lipinski definition) is 1. The molecule has 101 heavy (non-hydrogen) atoms. The van der Waals surface area contributed by atoms with Gasteiger partial charge in [-0.05, 0) is 209 Å². The summed E-state index contributed by atoms with van der Waals surface area (Å²) in [6.45, 7) is 0. The zero-order chi connectivity index (χ0) is 66.5. The summed E-state index contributed by atoms with van der Waals surface area (Å²) in [6.07, 6.45) is 1.67. The van der Waals surface area contributed by atoms with Gasteiger partial charge < -0.3 is 5.11 Å². The summed E-state index contributed by atoms with van der Waals surface area (Å²) in [6, 6.07) is 133. The van der Waals surface area contributed by atoms with Crippen LogP contribution in [0.3, 0.4) is 0 Å². The molecule has 0 radical (unpaired) electrons. The maximum Gasteiger partial charge on any atom is 0.145 e. The van der Waals surface area contributed by atoms with E-state index in [0.29, 0.717) is 5.52 Å². The Morgan fingerprint density at radius 2 is 0.584 bits per heavy atom. The van der Waals surface area contributed by atoms with Gasteiger partial charge >= 0.3 is 0 Å². The zero-order valence-corrected chi connectivity index (χ0v) is 59.2. The van der Waals surface area contributed by atoms with Crippen LogP contribution in [-0.2, 0) is 0 Å². The SMILES string of the molecule is Oc1cccc2cccnc12.[U].c1ccc(-n2c(-c3ccc(-c4ccc5c(-c6ccc7ccccc7c6)c6ccccc6c(-c6ccc7ccccc7c6)c5c4)cc3)nc3ccccc32)cc1.c1ccc2cc(-c3c4ccccc4c(-c4ccc5ccccc5c4)c4ccccc34)ccc2c1. The van der Waals surface area contributed by atoms with E-state index in [1.807, 2.05) is 18.2 Å². The van der Waals surface area contributed by atoms with Crippen LogP contribution >= 0.6 is 0 Å². The van der Waals surface area contributed by atoms with E-state index < -0.39 is 0 Å². The maximum atomic E-state index is 9.31. The molecule has 0 aliphatic rings. The van der Waals surface area contributed by atoms with E-state index in [4.69, 9.17) is 4.98 Å². The standard InChI is InChI=1S/C53H34N2.C34H22.C9H7NO.U/c1-2-16-44(17-3-1)55-50-21-11-10-20-49(50)54-53(55)38-26-22-37(23-27-38)41-30-31-47-48(34-41)52(43-29-25-36-13-5-7-15-40(36)33-43)46-19-9-8-18-45(46)51(47)42-28-24-35-12-4-6-14-39(35)32-42;1-3-11-25-21-27(19-17-23(25)9-1)33-29-13-5-7-15-31(29)34(32-16-8-6-14-30(32)33)28-20-18-24-10-2-4-12-26(24)22-28;11-8-5-1-3-7-4-2-6-10-9(7)8;/h1-34H;1-22H;1-6,11H;. The van der Waals surface area contributed by atoms with E-state index >= 15 is 0 Å². The summed E-state index contributed by atoms with van der Waals surface area (Å²) in [5.74, 6) is 1.17. The van der Waals surface area contributed by atoms with Gasteiger partial charge in [0.1, 0.15) is 17.1 Å². The Bertz CT molecular complexity index is 6360. The van der Waals surface area contributed by atoms with Crippen molar-refractivity contribution in [2.75, 3.05) is 0 Å². The second-order valence-electron chi connectivity index (χ2n) is 25.7. The average molecular weight is 1510 g/mol. The molecule has 0 fully saturated rings. The second kappa shape index (κ2) is 26.9. The summed E-state index contributed by atoms with van der Waals surface area (Å²) in [4.78, 5) is 9.15. The van der Waals surface area contributed by atoms with Gasteiger partial charge in [-0.3, -0.25) is 9.55 Å². The predicted molar refractivity (Wildman–Crippen MR) is 424 cm³/mol. The topological polar surface area (TPSA) is 50.9 Å². The minimum absolute atomic E-state index is 0. The number of aromatic hydroxyl groups is 1. The number of rotatable bonds is 7. The molecule has 0 atom stereocenters. The van der Waals surface area contributed by atoms with Gasteiger partial charge in [0.25, 0.3) is 0 Å². The van der Waals surface area contributed by atoms with E-state index in [2.05, 4.69) is 349 Å². The molecule has 20 rings (SSSR count). The van der Waals surface area contributed by atoms with E-state index in [1.54, 1.807) is 18.3 Å². The number of imidazole rings is 1. The minimum atomic E-state index is 0. The van der Waals surface area contributed by atoms with Crippen molar-refractivity contribution < 1.29 is 36.2 Å². The molecule has 472 valence electrons. The summed E-state index contributed by atoms with van der Waals surface area (Å²) in [5.41, 5.74) is 17.4. The van der Waals surface area contributed by atoms with Crippen molar-refractivity contribution >= 4 is 108 Å². The Morgan fingerprint density at radius 3 is 1.04 bits per heavy atom. The van der Waals surface area contributed by atoms with Crippen LogP contribution < -0.4 is 0 Å². The fourth-order valence-electron chi connectivity index (χ4n) is 15.1. The number of fused-ring (bicyclic) bond motifs is 10. The van der Waals surface area contributed by atoms with Crippen molar-refractivity contribution in [3.05, 3.63) is 376 Å². The smallest absolute Gasteiger partial charge is 0.145 e. The third kappa shape index (κ3) is 11.6. The Balaban J connectivity index is 0.000000139. The number of nitrogens with zero attached hydrogens (tertiary/aromatic N) is 3. The van der Waals surface area contributed by atoms with Crippen LogP contribution in [-0.4, -0.2) is 19.6 Å². The van der Waals surface area contributed by atoms with E-state index in [0.717, 1.165) is 39.1 Å². The molecular formula is C96H63N3OU. The van der Waals surface area contributed by atoms with Crippen LogP contribution in [0.2, 0.25) is 0 Å². The summed E-state index contributed by atoms with van der Waals surface area (Å²) < 4.78 is 2.26. The number of phenols is 1. The molecule has 0 saturated heterocycles. The Labute approximate surface area is 608 Å². The van der Waals surface area contributed by atoms with Crippen molar-refractivity contribution in [2.45, 2.75) is 0 Å². The molecule has 0 aliphatic carbocycles. The van der Waals surface area contributed by atoms with E-state index in [9.17, 15) is 5.11 Å². The van der Waals surface area contributed by atoms with Gasteiger partial charge in [0.05, 0.1) is 11.0 Å². The molecule has 0 aliphatic heterocycles. The van der Waals surface area contributed by atoms with Gasteiger partial charge in [-0.1, -0.05) is 303 Å². The molecule has 1 N–H and O–H groups in total. The first-order valence-electron chi connectivity index (χ1n) is 34.1. The average Bonchev–Trinajstić information content (AvgIpc) is 1.33. The predicted octanol–water partition coefficient (Wildman–Crippen LogP) is 25.9. The van der Waals surface area contributed by atoms with Gasteiger partial charge in [-0.15, -0.1) is 0 Å². The van der Waals surface area contributed by atoms with Crippen LogP contribution in [0.25, 0.3) is 181 Å². The molecule has 5 heteroatoms. The maximum absolute atomic E-state index is 9.31. The summed E-state index contributed by atoms with van der Waals surface area (Å²) in [7, 11) is 0. The molecule has 0 bridgehead atoms. The van der Waals surface area contributed by atoms with Crippen LogP contribution in [0, 0.1) is 31.1 Å². The first kappa shape index (κ1) is 62.3. The first-order valence-corrected chi connectivity index (χ1v) is 34.1. The van der Waals surface area contributed by atoms with Crippen LogP contribution in [0.15, 0.2) is 376 Å². The minimum Gasteiger partial charge on any atom is -0.506 e. The first-order chi connectivity index (χ1) is 49.5. The molecule has 0 amide bonds. The van der Waals surface area contributed by atoms with Gasteiger partial charge in [-0.2, -0.15) is 0 Å². The van der Waals surface area contributed by atoms with Crippen molar-refractivity contribution in [1.82, 2.24) is 14.5 Å². The number of para-hydroxylation sites is 4. The van der Waals surface area contributed by atoms with Gasteiger partial charge in [0.15, 0.2) is 0 Å². The van der Waals surface area contributed by atoms with Crippen LogP contribution in [0.1, 0.15) is 0 Å². The van der Waals surface area contributed by atoms with Gasteiger partial charge in [-0.25, -0.2) is 4.98 Å². The molecular weight excluding hydrogens is 1450 g/mol. The largest absolute Gasteiger partial charge is 0.506 e. The molecule has 20 aromatic rings. The number of aromatic nitrogens is 3. The quantitative estimate of drug-likeness (QED) is 0.162. The van der Waals surface area contributed by atoms with Gasteiger partial charge in [0.2, 0.25) is 0 Å². The molecule has 4 nitrogen and oxygen atoms in total. The number of hydrogen-bond acceptors (Lipinski definition) is 3. The fourth-order valence-corrected chi connectivity index (χ4v) is 15.1. The van der Waals surface area contributed by atoms with Crippen molar-refractivity contribution in [3.8, 4) is 78.5 Å².